The number of alkyl halides is 3. The van der Waals surface area contributed by atoms with E-state index in [1.807, 2.05) is 0 Å². The van der Waals surface area contributed by atoms with Crippen molar-refractivity contribution in [2.75, 3.05) is 25.1 Å². The van der Waals surface area contributed by atoms with Crippen LogP contribution in [0.15, 0.2) is 36.4 Å². The monoisotopic (exact) mass is 368 g/mol. The molecule has 138 valence electrons. The van der Waals surface area contributed by atoms with E-state index in [9.17, 15) is 18.3 Å². The number of hydrogen-bond donors (Lipinski definition) is 1. The predicted molar refractivity (Wildman–Crippen MR) is 84.8 cm³/mol. The summed E-state index contributed by atoms with van der Waals surface area (Å²) in [5.41, 5.74) is -0.416. The second-order valence-electron chi connectivity index (χ2n) is 5.56. The molecule has 2 heterocycles. The average molecular weight is 368 g/mol. The van der Waals surface area contributed by atoms with Crippen molar-refractivity contribution in [3.63, 3.8) is 0 Å². The van der Waals surface area contributed by atoms with Gasteiger partial charge >= 0.3 is 6.18 Å². The van der Waals surface area contributed by atoms with Gasteiger partial charge in [-0.05, 0) is 34.7 Å². The van der Waals surface area contributed by atoms with Crippen molar-refractivity contribution in [2.24, 2.45) is 0 Å². The van der Waals surface area contributed by atoms with E-state index in [1.54, 1.807) is 24.1 Å². The van der Waals surface area contributed by atoms with Gasteiger partial charge in [0.25, 0.3) is 0 Å². The Bertz CT molecular complexity index is 885. The van der Waals surface area contributed by atoms with E-state index in [1.165, 1.54) is 22.8 Å². The van der Waals surface area contributed by atoms with Crippen LogP contribution in [0.4, 0.5) is 19.0 Å². The van der Waals surface area contributed by atoms with Crippen LogP contribution in [-0.2, 0) is 6.18 Å². The molecule has 1 atom stereocenters. The van der Waals surface area contributed by atoms with E-state index in [0.717, 1.165) is 6.07 Å². The number of aliphatic hydroxyl groups excluding tert-OH is 1. The van der Waals surface area contributed by atoms with Gasteiger partial charge in [0.05, 0.1) is 5.56 Å². The molecular formula is C15H15F3N6O2. The van der Waals surface area contributed by atoms with Gasteiger partial charge < -0.3 is 14.7 Å². The molecule has 0 fully saturated rings. The standard InChI is InChI=1S/C15H15F3N6O2/c1-23(14-7-6-13-19-21-22-24(13)20-14)8-10(25)9-26-12-5-3-2-4-11(12)15(16,17)18/h2-7,10,25H,8-9H2,1H3. The fourth-order valence-corrected chi connectivity index (χ4v) is 2.32. The Morgan fingerprint density at radius 2 is 2.00 bits per heavy atom. The third kappa shape index (κ3) is 3.99. The number of tetrazole rings is 1. The Morgan fingerprint density at radius 1 is 1.23 bits per heavy atom. The summed E-state index contributed by atoms with van der Waals surface area (Å²) in [5, 5.41) is 25.1. The molecule has 8 nitrogen and oxygen atoms in total. The topological polar surface area (TPSA) is 88.7 Å². The second-order valence-corrected chi connectivity index (χ2v) is 5.56. The average Bonchev–Trinajstić information content (AvgIpc) is 3.07. The third-order valence-electron chi connectivity index (χ3n) is 3.55. The normalized spacial score (nSPS) is 13.0. The van der Waals surface area contributed by atoms with Crippen LogP contribution in [0.5, 0.6) is 5.75 Å². The molecule has 0 aliphatic heterocycles. The molecule has 11 heteroatoms. The van der Waals surface area contributed by atoms with Crippen molar-refractivity contribution in [1.82, 2.24) is 25.3 Å². The highest BCUT2D eigenvalue weighted by Crippen LogP contribution is 2.35. The van der Waals surface area contributed by atoms with E-state index in [4.69, 9.17) is 4.74 Å². The summed E-state index contributed by atoms with van der Waals surface area (Å²) in [5.74, 6) is 0.162. The quantitative estimate of drug-likeness (QED) is 0.704. The summed E-state index contributed by atoms with van der Waals surface area (Å²) >= 11 is 0. The summed E-state index contributed by atoms with van der Waals surface area (Å²) in [4.78, 5) is 1.62. The zero-order chi connectivity index (χ0) is 18.7. The number of para-hydroxylation sites is 1. The van der Waals surface area contributed by atoms with Crippen molar-refractivity contribution in [3.05, 3.63) is 42.0 Å². The fraction of sp³-hybridized carbons (Fsp3) is 0.333. The van der Waals surface area contributed by atoms with Gasteiger partial charge in [0.15, 0.2) is 11.5 Å². The number of ether oxygens (including phenoxy) is 1. The largest absolute Gasteiger partial charge is 0.490 e. The van der Waals surface area contributed by atoms with Gasteiger partial charge in [-0.3, -0.25) is 0 Å². The molecule has 0 radical (unpaired) electrons. The van der Waals surface area contributed by atoms with Crippen molar-refractivity contribution in [2.45, 2.75) is 12.3 Å². The van der Waals surface area contributed by atoms with Crippen molar-refractivity contribution in [3.8, 4) is 5.75 Å². The number of aliphatic hydroxyl groups is 1. The summed E-state index contributed by atoms with van der Waals surface area (Å²) in [6, 6.07) is 8.18. The van der Waals surface area contributed by atoms with Gasteiger partial charge in [0, 0.05) is 13.6 Å². The minimum Gasteiger partial charge on any atom is -0.490 e. The number of anilines is 1. The molecule has 0 aliphatic rings. The molecule has 1 unspecified atom stereocenters. The van der Waals surface area contributed by atoms with Crippen LogP contribution in [-0.4, -0.2) is 56.7 Å². The van der Waals surface area contributed by atoms with Gasteiger partial charge in [-0.15, -0.1) is 14.8 Å². The molecule has 0 saturated heterocycles. The molecule has 1 N–H and O–H groups in total. The lowest BCUT2D eigenvalue weighted by atomic mass is 10.2. The van der Waals surface area contributed by atoms with E-state index >= 15 is 0 Å². The van der Waals surface area contributed by atoms with Crippen LogP contribution >= 0.6 is 0 Å². The van der Waals surface area contributed by atoms with Gasteiger partial charge in [0.1, 0.15) is 18.5 Å². The van der Waals surface area contributed by atoms with Crippen LogP contribution in [0.3, 0.4) is 0 Å². The lowest BCUT2D eigenvalue weighted by Gasteiger charge is -2.22. The highest BCUT2D eigenvalue weighted by Gasteiger charge is 2.34. The molecule has 2 aromatic heterocycles. The minimum absolute atomic E-state index is 0.0921. The molecule has 0 spiro atoms. The first-order chi connectivity index (χ1) is 12.3. The van der Waals surface area contributed by atoms with Gasteiger partial charge in [-0.1, -0.05) is 12.1 Å². The first kappa shape index (κ1) is 17.9. The first-order valence-electron chi connectivity index (χ1n) is 7.58. The van der Waals surface area contributed by atoms with Crippen LogP contribution in [0, 0.1) is 0 Å². The summed E-state index contributed by atoms with van der Waals surface area (Å²) < 4.78 is 45.2. The molecule has 1 aromatic carbocycles. The molecule has 3 rings (SSSR count). The van der Waals surface area contributed by atoms with Gasteiger partial charge in [-0.2, -0.15) is 13.2 Å². The maximum Gasteiger partial charge on any atom is 0.419 e. The maximum atomic E-state index is 12.9. The number of hydrogen-bond acceptors (Lipinski definition) is 7. The summed E-state index contributed by atoms with van der Waals surface area (Å²) in [7, 11) is 1.67. The van der Waals surface area contributed by atoms with Crippen molar-refractivity contribution >= 4 is 11.5 Å². The fourth-order valence-electron chi connectivity index (χ4n) is 2.32. The molecule has 0 aliphatic carbocycles. The Hall–Kier alpha value is -2.95. The molecule has 0 amide bonds. The number of fused-ring (bicyclic) bond motifs is 1. The molecule has 26 heavy (non-hydrogen) atoms. The maximum absolute atomic E-state index is 12.9. The second kappa shape index (κ2) is 7.12. The van der Waals surface area contributed by atoms with Gasteiger partial charge in [-0.25, -0.2) is 0 Å². The van der Waals surface area contributed by atoms with Crippen molar-refractivity contribution < 1.29 is 23.0 Å². The number of nitrogens with zero attached hydrogens (tertiary/aromatic N) is 6. The van der Waals surface area contributed by atoms with Gasteiger partial charge in [0.2, 0.25) is 0 Å². The molecule has 3 aromatic rings. The van der Waals surface area contributed by atoms with Crippen LogP contribution < -0.4 is 9.64 Å². The number of rotatable bonds is 6. The summed E-state index contributed by atoms with van der Waals surface area (Å²) in [6.45, 7) is -0.209. The lowest BCUT2D eigenvalue weighted by molar-refractivity contribution is -0.139. The lowest BCUT2D eigenvalue weighted by Crippen LogP contribution is -2.34. The van der Waals surface area contributed by atoms with E-state index < -0.39 is 17.8 Å². The number of benzene rings is 1. The highest BCUT2D eigenvalue weighted by atomic mass is 19.4. The van der Waals surface area contributed by atoms with Crippen LogP contribution in [0.2, 0.25) is 0 Å². The Kier molecular flexibility index (Phi) is 4.89. The first-order valence-corrected chi connectivity index (χ1v) is 7.58. The molecule has 0 bridgehead atoms. The smallest absolute Gasteiger partial charge is 0.419 e. The number of halogens is 3. The Labute approximate surface area is 145 Å². The van der Waals surface area contributed by atoms with Crippen LogP contribution in [0.25, 0.3) is 5.65 Å². The highest BCUT2D eigenvalue weighted by molar-refractivity contribution is 5.43. The SMILES string of the molecule is CN(CC(O)COc1ccccc1C(F)(F)F)c1ccc2nnnn2n1. The van der Waals surface area contributed by atoms with E-state index in [0.29, 0.717) is 11.5 Å². The van der Waals surface area contributed by atoms with Crippen molar-refractivity contribution in [1.29, 1.82) is 0 Å². The minimum atomic E-state index is -4.52. The Morgan fingerprint density at radius 3 is 2.77 bits per heavy atom. The van der Waals surface area contributed by atoms with Crippen LogP contribution in [0.1, 0.15) is 5.56 Å². The number of aromatic nitrogens is 5. The molecular weight excluding hydrogens is 353 g/mol. The molecule has 0 saturated carbocycles. The Balaban J connectivity index is 1.61. The van der Waals surface area contributed by atoms with E-state index in [2.05, 4.69) is 20.6 Å². The summed E-state index contributed by atoms with van der Waals surface area (Å²) in [6.07, 6.45) is -5.56. The predicted octanol–water partition coefficient (Wildman–Crippen LogP) is 1.41. The van der Waals surface area contributed by atoms with E-state index in [-0.39, 0.29) is 18.9 Å². The zero-order valence-corrected chi connectivity index (χ0v) is 13.6. The third-order valence-corrected chi connectivity index (χ3v) is 3.55. The number of likely N-dealkylation sites (N-methyl/N-ethyl adjacent to an activating group) is 1. The zero-order valence-electron chi connectivity index (χ0n) is 13.6.